The van der Waals surface area contributed by atoms with Gasteiger partial charge in [-0.2, -0.15) is 0 Å². The molecule has 3 nitrogen and oxygen atoms in total. The van der Waals surface area contributed by atoms with Gasteiger partial charge in [0, 0.05) is 23.2 Å². The average Bonchev–Trinajstić information content (AvgIpc) is 3.09. The normalized spacial score (nSPS) is 16.6. The number of carbonyl (C=O) groups is 1. The van der Waals surface area contributed by atoms with Crippen molar-refractivity contribution in [2.24, 2.45) is 11.7 Å². The maximum atomic E-state index is 12.1. The Morgan fingerprint density at radius 1 is 1.59 bits per heavy atom. The topological polar surface area (TPSA) is 55.1 Å². The predicted molar refractivity (Wildman–Crippen MR) is 69.2 cm³/mol. The summed E-state index contributed by atoms with van der Waals surface area (Å²) in [6.45, 7) is 2.39. The molecule has 17 heavy (non-hydrogen) atoms. The van der Waals surface area contributed by atoms with Gasteiger partial charge in [-0.3, -0.25) is 4.79 Å². The lowest BCUT2D eigenvalue weighted by Gasteiger charge is -2.16. The van der Waals surface area contributed by atoms with E-state index in [0.29, 0.717) is 23.0 Å². The fourth-order valence-corrected chi connectivity index (χ4v) is 2.22. The smallest absolute Gasteiger partial charge is 0.251 e. The number of rotatable bonds is 4. The van der Waals surface area contributed by atoms with Crippen LogP contribution in [-0.2, 0) is 0 Å². The maximum absolute atomic E-state index is 12.1. The number of hydrogen-bond acceptors (Lipinski definition) is 2. The monoisotopic (exact) mass is 252 g/mol. The highest BCUT2D eigenvalue weighted by molar-refractivity contribution is 6.30. The summed E-state index contributed by atoms with van der Waals surface area (Å²) in [6.07, 6.45) is 2.34. The van der Waals surface area contributed by atoms with E-state index in [4.69, 9.17) is 17.3 Å². The molecule has 3 N–H and O–H groups in total. The van der Waals surface area contributed by atoms with Crippen LogP contribution in [0.25, 0.3) is 0 Å². The van der Waals surface area contributed by atoms with Gasteiger partial charge in [-0.05, 0) is 49.4 Å². The highest BCUT2D eigenvalue weighted by Gasteiger charge is 2.31. The third-order valence-electron chi connectivity index (χ3n) is 3.19. The molecule has 1 atom stereocenters. The second kappa shape index (κ2) is 5.07. The molecule has 0 heterocycles. The van der Waals surface area contributed by atoms with Gasteiger partial charge in [-0.25, -0.2) is 0 Å². The van der Waals surface area contributed by atoms with Crippen LogP contribution in [0.15, 0.2) is 18.2 Å². The Morgan fingerprint density at radius 2 is 2.29 bits per heavy atom. The molecule has 1 fully saturated rings. The maximum Gasteiger partial charge on any atom is 0.251 e. The number of carbonyl (C=O) groups excluding carboxylic acids is 1. The summed E-state index contributed by atoms with van der Waals surface area (Å²) in [5.74, 6) is 0.512. The molecule has 0 aliphatic heterocycles. The van der Waals surface area contributed by atoms with Crippen molar-refractivity contribution in [1.29, 1.82) is 0 Å². The van der Waals surface area contributed by atoms with Gasteiger partial charge in [0.15, 0.2) is 0 Å². The van der Waals surface area contributed by atoms with Crippen LogP contribution in [0, 0.1) is 12.8 Å². The van der Waals surface area contributed by atoms with Gasteiger partial charge in [-0.15, -0.1) is 0 Å². The molecule has 1 aliphatic rings. The van der Waals surface area contributed by atoms with Crippen LogP contribution in [0.3, 0.4) is 0 Å². The molecule has 0 bridgehead atoms. The molecule has 4 heteroatoms. The standard InChI is InChI=1S/C13H17ClN2O/c1-8-6-10(14)4-5-11(8)13(17)16-12(7-15)9-2-3-9/h4-6,9,12H,2-3,7,15H2,1H3,(H,16,17). The lowest BCUT2D eigenvalue weighted by atomic mass is 10.1. The number of amides is 1. The van der Waals surface area contributed by atoms with E-state index in [2.05, 4.69) is 5.32 Å². The molecule has 1 unspecified atom stereocenters. The van der Waals surface area contributed by atoms with Crippen molar-refractivity contribution in [3.63, 3.8) is 0 Å². The van der Waals surface area contributed by atoms with E-state index in [9.17, 15) is 4.79 Å². The zero-order valence-corrected chi connectivity index (χ0v) is 10.6. The molecular formula is C13H17ClN2O. The number of benzene rings is 1. The summed E-state index contributed by atoms with van der Waals surface area (Å²) >= 11 is 5.86. The van der Waals surface area contributed by atoms with Crippen LogP contribution in [0.2, 0.25) is 5.02 Å². The highest BCUT2D eigenvalue weighted by atomic mass is 35.5. The molecule has 1 aromatic rings. The molecule has 1 saturated carbocycles. The zero-order chi connectivity index (χ0) is 12.4. The van der Waals surface area contributed by atoms with Gasteiger partial charge in [0.2, 0.25) is 0 Å². The van der Waals surface area contributed by atoms with E-state index in [1.807, 2.05) is 6.92 Å². The molecule has 1 aliphatic carbocycles. The summed E-state index contributed by atoms with van der Waals surface area (Å²) in [7, 11) is 0. The van der Waals surface area contributed by atoms with Crippen molar-refractivity contribution >= 4 is 17.5 Å². The first-order valence-corrected chi connectivity index (χ1v) is 6.26. The Hall–Kier alpha value is -1.06. The van der Waals surface area contributed by atoms with E-state index in [0.717, 1.165) is 5.56 Å². The van der Waals surface area contributed by atoms with Crippen molar-refractivity contribution in [3.05, 3.63) is 34.3 Å². The minimum Gasteiger partial charge on any atom is -0.348 e. The lowest BCUT2D eigenvalue weighted by molar-refractivity contribution is 0.0933. The average molecular weight is 253 g/mol. The molecule has 1 amide bonds. The van der Waals surface area contributed by atoms with E-state index in [-0.39, 0.29) is 11.9 Å². The largest absolute Gasteiger partial charge is 0.348 e. The summed E-state index contributed by atoms with van der Waals surface area (Å²) in [5.41, 5.74) is 7.23. The van der Waals surface area contributed by atoms with Crippen molar-refractivity contribution in [2.45, 2.75) is 25.8 Å². The lowest BCUT2D eigenvalue weighted by Crippen LogP contribution is -2.41. The van der Waals surface area contributed by atoms with E-state index >= 15 is 0 Å². The summed E-state index contributed by atoms with van der Waals surface area (Å²) < 4.78 is 0. The number of nitrogens with two attached hydrogens (primary N) is 1. The SMILES string of the molecule is Cc1cc(Cl)ccc1C(=O)NC(CN)C1CC1. The molecule has 92 valence electrons. The van der Waals surface area contributed by atoms with Crippen LogP contribution < -0.4 is 11.1 Å². The van der Waals surface area contributed by atoms with Crippen LogP contribution in [0.1, 0.15) is 28.8 Å². The molecular weight excluding hydrogens is 236 g/mol. The van der Waals surface area contributed by atoms with Crippen molar-refractivity contribution in [3.8, 4) is 0 Å². The second-order valence-corrected chi connectivity index (χ2v) is 5.05. The number of hydrogen-bond donors (Lipinski definition) is 2. The molecule has 0 spiro atoms. The summed E-state index contributed by atoms with van der Waals surface area (Å²) in [5, 5.41) is 3.65. The minimum absolute atomic E-state index is 0.0542. The van der Waals surface area contributed by atoms with Crippen LogP contribution >= 0.6 is 11.6 Å². The van der Waals surface area contributed by atoms with E-state index < -0.39 is 0 Å². The molecule has 0 radical (unpaired) electrons. The van der Waals surface area contributed by atoms with E-state index in [1.165, 1.54) is 12.8 Å². The Kier molecular flexibility index (Phi) is 3.69. The number of halogens is 1. The summed E-state index contributed by atoms with van der Waals surface area (Å²) in [4.78, 5) is 12.1. The van der Waals surface area contributed by atoms with Crippen molar-refractivity contribution in [2.75, 3.05) is 6.54 Å². The predicted octanol–water partition coefficient (Wildman–Crippen LogP) is 2.12. The molecule has 0 saturated heterocycles. The quantitative estimate of drug-likeness (QED) is 0.863. The van der Waals surface area contributed by atoms with Gasteiger partial charge in [0.1, 0.15) is 0 Å². The van der Waals surface area contributed by atoms with Crippen LogP contribution in [-0.4, -0.2) is 18.5 Å². The van der Waals surface area contributed by atoms with Crippen molar-refractivity contribution < 1.29 is 4.79 Å². The zero-order valence-electron chi connectivity index (χ0n) is 9.87. The highest BCUT2D eigenvalue weighted by Crippen LogP contribution is 2.32. The Morgan fingerprint density at radius 3 is 2.82 bits per heavy atom. The number of nitrogens with one attached hydrogen (secondary N) is 1. The fourth-order valence-electron chi connectivity index (χ4n) is 2.00. The van der Waals surface area contributed by atoms with E-state index in [1.54, 1.807) is 18.2 Å². The third-order valence-corrected chi connectivity index (χ3v) is 3.43. The Balaban J connectivity index is 2.08. The van der Waals surface area contributed by atoms with Gasteiger partial charge >= 0.3 is 0 Å². The second-order valence-electron chi connectivity index (χ2n) is 4.61. The van der Waals surface area contributed by atoms with Crippen LogP contribution in [0.5, 0.6) is 0 Å². The molecule has 2 rings (SSSR count). The molecule has 0 aromatic heterocycles. The van der Waals surface area contributed by atoms with Gasteiger partial charge in [0.25, 0.3) is 5.91 Å². The first kappa shape index (κ1) is 12.4. The minimum atomic E-state index is -0.0542. The summed E-state index contributed by atoms with van der Waals surface area (Å²) in [6, 6.07) is 5.40. The van der Waals surface area contributed by atoms with Crippen molar-refractivity contribution in [1.82, 2.24) is 5.32 Å². The van der Waals surface area contributed by atoms with Crippen LogP contribution in [0.4, 0.5) is 0 Å². The molecule has 1 aromatic carbocycles. The third kappa shape index (κ3) is 2.99. The first-order valence-electron chi connectivity index (χ1n) is 5.89. The number of aryl methyl sites for hydroxylation is 1. The van der Waals surface area contributed by atoms with Gasteiger partial charge in [-0.1, -0.05) is 11.6 Å². The Labute approximate surface area is 106 Å². The first-order chi connectivity index (χ1) is 8.11. The fraction of sp³-hybridized carbons (Fsp3) is 0.462. The Bertz CT molecular complexity index is 429. The van der Waals surface area contributed by atoms with Gasteiger partial charge in [0.05, 0.1) is 0 Å². The van der Waals surface area contributed by atoms with Gasteiger partial charge < -0.3 is 11.1 Å².